The molecule has 2 heterocycles. The molecule has 0 unspecified atom stereocenters. The number of H-pyrrole nitrogens is 1. The minimum atomic E-state index is 0.957. The molecule has 1 aliphatic rings. The fraction of sp³-hybridized carbons (Fsp3) is 0.375. The molecular formula is C8H11N3. The fourth-order valence-electron chi connectivity index (χ4n) is 1.33. The molecule has 11 heavy (non-hydrogen) atoms. The van der Waals surface area contributed by atoms with Crippen LogP contribution in [0, 0.1) is 6.92 Å². The van der Waals surface area contributed by atoms with Gasteiger partial charge in [-0.15, -0.1) is 0 Å². The molecule has 3 heteroatoms. The van der Waals surface area contributed by atoms with E-state index in [-0.39, 0.29) is 0 Å². The van der Waals surface area contributed by atoms with Gasteiger partial charge in [-0.1, -0.05) is 6.58 Å². The van der Waals surface area contributed by atoms with Gasteiger partial charge in [0.25, 0.3) is 0 Å². The SMILES string of the molecule is C=C1CCc2[nH]c(C)nc2N1. The van der Waals surface area contributed by atoms with Gasteiger partial charge in [0.05, 0.1) is 5.69 Å². The largest absolute Gasteiger partial charge is 0.344 e. The summed E-state index contributed by atoms with van der Waals surface area (Å²) in [4.78, 5) is 7.48. The standard InChI is InChI=1S/C8H11N3/c1-5-3-4-7-8(9-5)11-6(2)10-7/h9H,1,3-4H2,2H3,(H,10,11). The van der Waals surface area contributed by atoms with Crippen molar-refractivity contribution in [1.29, 1.82) is 0 Å². The van der Waals surface area contributed by atoms with E-state index in [4.69, 9.17) is 0 Å². The quantitative estimate of drug-likeness (QED) is 0.588. The first-order chi connectivity index (χ1) is 5.25. The molecule has 0 saturated heterocycles. The lowest BCUT2D eigenvalue weighted by molar-refractivity contribution is 0.885. The molecular weight excluding hydrogens is 138 g/mol. The molecule has 0 atom stereocenters. The molecule has 2 N–H and O–H groups in total. The number of imidazole rings is 1. The van der Waals surface area contributed by atoms with Gasteiger partial charge in [-0.25, -0.2) is 4.98 Å². The van der Waals surface area contributed by atoms with Crippen molar-refractivity contribution < 1.29 is 0 Å². The van der Waals surface area contributed by atoms with Crippen LogP contribution in [0.15, 0.2) is 12.3 Å². The lowest BCUT2D eigenvalue weighted by Gasteiger charge is -2.13. The highest BCUT2D eigenvalue weighted by molar-refractivity contribution is 5.49. The van der Waals surface area contributed by atoms with Crippen LogP contribution in [-0.4, -0.2) is 9.97 Å². The highest BCUT2D eigenvalue weighted by Gasteiger charge is 2.13. The molecule has 0 amide bonds. The average molecular weight is 149 g/mol. The Morgan fingerprint density at radius 3 is 3.09 bits per heavy atom. The third-order valence-corrected chi connectivity index (χ3v) is 1.87. The van der Waals surface area contributed by atoms with Crippen molar-refractivity contribution in [3.8, 4) is 0 Å². The lowest BCUT2D eigenvalue weighted by atomic mass is 10.1. The van der Waals surface area contributed by atoms with Gasteiger partial charge < -0.3 is 10.3 Å². The smallest absolute Gasteiger partial charge is 0.151 e. The molecule has 0 radical (unpaired) electrons. The van der Waals surface area contributed by atoms with Crippen molar-refractivity contribution in [3.63, 3.8) is 0 Å². The van der Waals surface area contributed by atoms with Gasteiger partial charge in [-0.05, 0) is 19.8 Å². The molecule has 0 aromatic carbocycles. The Morgan fingerprint density at radius 1 is 1.45 bits per heavy atom. The van der Waals surface area contributed by atoms with Crippen molar-refractivity contribution in [1.82, 2.24) is 9.97 Å². The average Bonchev–Trinajstić information content (AvgIpc) is 2.27. The first-order valence-corrected chi connectivity index (χ1v) is 3.76. The normalized spacial score (nSPS) is 15.9. The Balaban J connectivity index is 2.41. The van der Waals surface area contributed by atoms with E-state index in [1.807, 2.05) is 6.92 Å². The predicted molar refractivity (Wildman–Crippen MR) is 44.4 cm³/mol. The molecule has 0 aliphatic carbocycles. The topological polar surface area (TPSA) is 40.7 Å². The number of nitrogens with zero attached hydrogens (tertiary/aromatic N) is 1. The summed E-state index contributed by atoms with van der Waals surface area (Å²) in [6.45, 7) is 5.82. The van der Waals surface area contributed by atoms with E-state index in [0.29, 0.717) is 0 Å². The Hall–Kier alpha value is -1.25. The van der Waals surface area contributed by atoms with E-state index in [1.54, 1.807) is 0 Å². The maximum atomic E-state index is 4.27. The summed E-state index contributed by atoms with van der Waals surface area (Å²) in [7, 11) is 0. The second-order valence-corrected chi connectivity index (χ2v) is 2.88. The summed E-state index contributed by atoms with van der Waals surface area (Å²) in [5.74, 6) is 1.93. The van der Waals surface area contributed by atoms with Crippen molar-refractivity contribution >= 4 is 5.82 Å². The van der Waals surface area contributed by atoms with Crippen LogP contribution < -0.4 is 5.32 Å². The van der Waals surface area contributed by atoms with E-state index in [1.165, 1.54) is 5.69 Å². The van der Waals surface area contributed by atoms with Gasteiger partial charge in [-0.3, -0.25) is 0 Å². The summed E-state index contributed by atoms with van der Waals surface area (Å²) in [5, 5.41) is 3.14. The number of anilines is 1. The summed E-state index contributed by atoms with van der Waals surface area (Å²) in [5.41, 5.74) is 2.26. The number of nitrogens with one attached hydrogen (secondary N) is 2. The number of hydrogen-bond acceptors (Lipinski definition) is 2. The minimum Gasteiger partial charge on any atom is -0.344 e. The first-order valence-electron chi connectivity index (χ1n) is 3.76. The fourth-order valence-corrected chi connectivity index (χ4v) is 1.33. The van der Waals surface area contributed by atoms with Gasteiger partial charge in [0.1, 0.15) is 5.82 Å². The van der Waals surface area contributed by atoms with Gasteiger partial charge in [-0.2, -0.15) is 0 Å². The van der Waals surface area contributed by atoms with Crippen molar-refractivity contribution in [3.05, 3.63) is 23.8 Å². The highest BCUT2D eigenvalue weighted by atomic mass is 15.1. The van der Waals surface area contributed by atoms with E-state index < -0.39 is 0 Å². The van der Waals surface area contributed by atoms with Gasteiger partial charge >= 0.3 is 0 Å². The minimum absolute atomic E-state index is 0.957. The first kappa shape index (κ1) is 6.46. The third-order valence-electron chi connectivity index (χ3n) is 1.87. The molecule has 0 bridgehead atoms. The summed E-state index contributed by atoms with van der Waals surface area (Å²) >= 11 is 0. The van der Waals surface area contributed by atoms with Crippen LogP contribution in [0.5, 0.6) is 0 Å². The Labute approximate surface area is 65.5 Å². The Kier molecular flexibility index (Phi) is 1.24. The second kappa shape index (κ2) is 2.12. The monoisotopic (exact) mass is 149 g/mol. The third kappa shape index (κ3) is 1.02. The van der Waals surface area contributed by atoms with Gasteiger partial charge in [0.2, 0.25) is 0 Å². The zero-order valence-electron chi connectivity index (χ0n) is 6.57. The number of hydrogen-bond donors (Lipinski definition) is 2. The van der Waals surface area contributed by atoms with Gasteiger partial charge in [0.15, 0.2) is 5.82 Å². The molecule has 0 saturated carbocycles. The molecule has 58 valence electrons. The zero-order valence-corrected chi connectivity index (χ0v) is 6.57. The number of aryl methyl sites for hydroxylation is 2. The van der Waals surface area contributed by atoms with E-state index in [0.717, 1.165) is 30.2 Å². The van der Waals surface area contributed by atoms with E-state index >= 15 is 0 Å². The van der Waals surface area contributed by atoms with Crippen LogP contribution >= 0.6 is 0 Å². The maximum absolute atomic E-state index is 4.27. The molecule has 3 nitrogen and oxygen atoms in total. The van der Waals surface area contributed by atoms with Crippen LogP contribution in [0.1, 0.15) is 17.9 Å². The van der Waals surface area contributed by atoms with Crippen LogP contribution in [0.2, 0.25) is 0 Å². The lowest BCUT2D eigenvalue weighted by Crippen LogP contribution is -2.08. The maximum Gasteiger partial charge on any atom is 0.151 e. The van der Waals surface area contributed by atoms with Crippen LogP contribution in [0.3, 0.4) is 0 Å². The molecule has 0 fully saturated rings. The number of aromatic amines is 1. The Bertz CT molecular complexity index is 298. The molecule has 1 aromatic rings. The molecule has 1 aliphatic heterocycles. The molecule has 1 aromatic heterocycles. The van der Waals surface area contributed by atoms with Gasteiger partial charge in [0, 0.05) is 5.70 Å². The van der Waals surface area contributed by atoms with E-state index in [9.17, 15) is 0 Å². The summed E-state index contributed by atoms with van der Waals surface area (Å²) in [6.07, 6.45) is 2.04. The highest BCUT2D eigenvalue weighted by Crippen LogP contribution is 2.22. The van der Waals surface area contributed by atoms with Crippen molar-refractivity contribution in [2.75, 3.05) is 5.32 Å². The number of fused-ring (bicyclic) bond motifs is 1. The molecule has 2 rings (SSSR count). The zero-order chi connectivity index (χ0) is 7.84. The van der Waals surface area contributed by atoms with Crippen LogP contribution in [0.25, 0.3) is 0 Å². The van der Waals surface area contributed by atoms with Crippen molar-refractivity contribution in [2.24, 2.45) is 0 Å². The van der Waals surface area contributed by atoms with Crippen LogP contribution in [-0.2, 0) is 6.42 Å². The number of allylic oxidation sites excluding steroid dienone is 1. The molecule has 0 spiro atoms. The second-order valence-electron chi connectivity index (χ2n) is 2.88. The number of rotatable bonds is 0. The van der Waals surface area contributed by atoms with E-state index in [2.05, 4.69) is 21.9 Å². The van der Waals surface area contributed by atoms with Crippen LogP contribution in [0.4, 0.5) is 5.82 Å². The van der Waals surface area contributed by atoms with Crippen molar-refractivity contribution in [2.45, 2.75) is 19.8 Å². The Morgan fingerprint density at radius 2 is 2.27 bits per heavy atom. The number of aromatic nitrogens is 2. The predicted octanol–water partition coefficient (Wildman–Crippen LogP) is 1.59. The summed E-state index contributed by atoms with van der Waals surface area (Å²) in [6, 6.07) is 0. The summed E-state index contributed by atoms with van der Waals surface area (Å²) < 4.78 is 0.